The van der Waals surface area contributed by atoms with Crippen molar-refractivity contribution < 1.29 is 18.3 Å². The Kier molecular flexibility index (Phi) is 6.03. The van der Waals surface area contributed by atoms with Crippen LogP contribution in [-0.2, 0) is 17.9 Å². The minimum atomic E-state index is -2.93. The van der Waals surface area contributed by atoms with E-state index in [0.717, 1.165) is 10.4 Å². The number of rotatable bonds is 7. The summed E-state index contributed by atoms with van der Waals surface area (Å²) >= 11 is 1.47. The molecule has 0 aliphatic heterocycles. The lowest BCUT2D eigenvalue weighted by atomic mass is 10.2. The zero-order valence-corrected chi connectivity index (χ0v) is 16.2. The number of nitrogens with one attached hydrogen (secondary N) is 1. The minimum Gasteiger partial charge on any atom is -0.434 e. The van der Waals surface area contributed by atoms with Gasteiger partial charge in [-0.1, -0.05) is 18.2 Å². The van der Waals surface area contributed by atoms with Crippen LogP contribution in [0.2, 0.25) is 0 Å². The average Bonchev–Trinajstić information content (AvgIpc) is 2.95. The number of fused-ring (bicyclic) bond motifs is 1. The molecule has 0 saturated carbocycles. The van der Waals surface area contributed by atoms with Crippen molar-refractivity contribution in [3.8, 4) is 5.75 Å². The lowest BCUT2D eigenvalue weighted by molar-refractivity contribution is -0.121. The monoisotopic (exact) mass is 407 g/mol. The number of carbonyl (C=O) groups excluding carboxylic acids is 1. The largest absolute Gasteiger partial charge is 0.434 e. The molecule has 0 unspecified atom stereocenters. The van der Waals surface area contributed by atoms with Crippen molar-refractivity contribution in [3.05, 3.63) is 57.0 Å². The van der Waals surface area contributed by atoms with Crippen molar-refractivity contribution in [1.82, 2.24) is 14.9 Å². The number of aryl methyl sites for hydroxylation is 3. The zero-order chi connectivity index (χ0) is 20.3. The third kappa shape index (κ3) is 4.36. The summed E-state index contributed by atoms with van der Waals surface area (Å²) in [6.07, 6.45) is 1.51. The summed E-state index contributed by atoms with van der Waals surface area (Å²) < 4.78 is 30.7. The lowest BCUT2D eigenvalue weighted by Crippen LogP contribution is -2.27. The van der Waals surface area contributed by atoms with E-state index in [-0.39, 0.29) is 36.7 Å². The number of nitrogens with zero attached hydrogens (tertiary/aromatic N) is 2. The maximum atomic E-state index is 12.6. The van der Waals surface area contributed by atoms with Crippen LogP contribution in [0.25, 0.3) is 10.2 Å². The van der Waals surface area contributed by atoms with Crippen molar-refractivity contribution in [2.75, 3.05) is 0 Å². The number of carbonyl (C=O) groups is 1. The van der Waals surface area contributed by atoms with Gasteiger partial charge in [0.1, 0.15) is 10.6 Å². The van der Waals surface area contributed by atoms with Crippen LogP contribution in [-0.4, -0.2) is 22.1 Å². The van der Waals surface area contributed by atoms with Crippen LogP contribution in [0, 0.1) is 13.8 Å². The van der Waals surface area contributed by atoms with Gasteiger partial charge in [-0.05, 0) is 25.5 Å². The van der Waals surface area contributed by atoms with Gasteiger partial charge in [0.05, 0.1) is 11.7 Å². The summed E-state index contributed by atoms with van der Waals surface area (Å²) in [4.78, 5) is 30.8. The first kappa shape index (κ1) is 19.9. The second kappa shape index (κ2) is 8.47. The van der Waals surface area contributed by atoms with Gasteiger partial charge in [-0.25, -0.2) is 4.98 Å². The van der Waals surface area contributed by atoms with Gasteiger partial charge in [0.25, 0.3) is 5.56 Å². The molecule has 0 spiro atoms. The summed E-state index contributed by atoms with van der Waals surface area (Å²) in [5.74, 6) is -0.288. The second-order valence-corrected chi connectivity index (χ2v) is 7.42. The number of halogens is 2. The third-order valence-corrected chi connectivity index (χ3v) is 5.52. The molecule has 0 bridgehead atoms. The number of amides is 1. The summed E-state index contributed by atoms with van der Waals surface area (Å²) in [5, 5.41) is 3.24. The molecule has 0 aliphatic rings. The fourth-order valence-electron chi connectivity index (χ4n) is 2.79. The first-order valence-electron chi connectivity index (χ1n) is 8.61. The molecule has 3 aromatic rings. The first-order valence-corrected chi connectivity index (χ1v) is 9.43. The molecule has 2 aromatic heterocycles. The Hall–Kier alpha value is -2.81. The molecule has 1 aromatic carbocycles. The van der Waals surface area contributed by atoms with E-state index < -0.39 is 6.61 Å². The van der Waals surface area contributed by atoms with Crippen LogP contribution in [0.1, 0.15) is 22.4 Å². The Labute approximate surface area is 163 Å². The number of hydrogen-bond donors (Lipinski definition) is 1. The molecule has 1 N–H and O–H groups in total. The van der Waals surface area contributed by atoms with Crippen LogP contribution in [0.5, 0.6) is 5.75 Å². The van der Waals surface area contributed by atoms with Crippen molar-refractivity contribution in [2.45, 2.75) is 40.0 Å². The molecule has 0 atom stereocenters. The third-order valence-electron chi connectivity index (χ3n) is 4.40. The molecule has 28 heavy (non-hydrogen) atoms. The number of hydrogen-bond acceptors (Lipinski definition) is 5. The summed E-state index contributed by atoms with van der Waals surface area (Å²) in [6.45, 7) is 1.12. The van der Waals surface area contributed by atoms with Crippen LogP contribution < -0.4 is 15.6 Å². The quantitative estimate of drug-likeness (QED) is 0.652. The Morgan fingerprint density at radius 2 is 2.07 bits per heavy atom. The highest BCUT2D eigenvalue weighted by molar-refractivity contribution is 7.18. The van der Waals surface area contributed by atoms with Crippen molar-refractivity contribution in [2.24, 2.45) is 0 Å². The van der Waals surface area contributed by atoms with Gasteiger partial charge in [-0.2, -0.15) is 8.78 Å². The molecule has 1 amide bonds. The molecule has 0 radical (unpaired) electrons. The maximum absolute atomic E-state index is 12.6. The van der Waals surface area contributed by atoms with Gasteiger partial charge in [0.2, 0.25) is 5.91 Å². The molecular weight excluding hydrogens is 388 g/mol. The molecule has 3 rings (SSSR count). The number of para-hydroxylation sites is 1. The SMILES string of the molecule is Cc1sc2ncn(CCC(=O)NCc3ccccc3OC(F)F)c(=O)c2c1C. The Morgan fingerprint density at radius 1 is 1.32 bits per heavy atom. The summed E-state index contributed by atoms with van der Waals surface area (Å²) in [5.41, 5.74) is 1.18. The van der Waals surface area contributed by atoms with E-state index in [1.165, 1.54) is 28.3 Å². The highest BCUT2D eigenvalue weighted by Gasteiger charge is 2.13. The molecule has 6 nitrogen and oxygen atoms in total. The average molecular weight is 407 g/mol. The summed E-state index contributed by atoms with van der Waals surface area (Å²) in [7, 11) is 0. The Bertz CT molecular complexity index is 1060. The number of alkyl halides is 2. The standard InChI is InChI=1S/C19H19F2N3O3S/c1-11-12(2)28-17-16(11)18(26)24(10-23-17)8-7-15(25)22-9-13-5-3-4-6-14(13)27-19(20)21/h3-6,10,19H,7-9H2,1-2H3,(H,22,25). The molecule has 0 fully saturated rings. The predicted molar refractivity (Wildman–Crippen MR) is 103 cm³/mol. The molecular formula is C19H19F2N3O3S. The predicted octanol–water partition coefficient (Wildman–Crippen LogP) is 3.38. The summed E-state index contributed by atoms with van der Waals surface area (Å²) in [6, 6.07) is 6.26. The Morgan fingerprint density at radius 3 is 2.82 bits per heavy atom. The van der Waals surface area contributed by atoms with E-state index >= 15 is 0 Å². The number of ether oxygens (including phenoxy) is 1. The van der Waals surface area contributed by atoms with Gasteiger partial charge in [0.15, 0.2) is 0 Å². The fourth-order valence-corrected chi connectivity index (χ4v) is 3.78. The van der Waals surface area contributed by atoms with Crippen molar-refractivity contribution in [1.29, 1.82) is 0 Å². The first-order chi connectivity index (χ1) is 13.4. The lowest BCUT2D eigenvalue weighted by Gasteiger charge is -2.11. The maximum Gasteiger partial charge on any atom is 0.387 e. The van der Waals surface area contributed by atoms with E-state index in [1.807, 2.05) is 13.8 Å². The van der Waals surface area contributed by atoms with E-state index in [2.05, 4.69) is 15.0 Å². The smallest absolute Gasteiger partial charge is 0.387 e. The van der Waals surface area contributed by atoms with Crippen LogP contribution in [0.15, 0.2) is 35.4 Å². The molecule has 148 valence electrons. The fraction of sp³-hybridized carbons (Fsp3) is 0.316. The van der Waals surface area contributed by atoms with E-state index in [4.69, 9.17) is 0 Å². The van der Waals surface area contributed by atoms with Gasteiger partial charge < -0.3 is 10.1 Å². The van der Waals surface area contributed by atoms with Crippen molar-refractivity contribution >= 4 is 27.5 Å². The number of thiophene rings is 1. The minimum absolute atomic E-state index is 0.0203. The topological polar surface area (TPSA) is 73.2 Å². The van der Waals surface area contributed by atoms with Gasteiger partial charge >= 0.3 is 6.61 Å². The number of aromatic nitrogens is 2. The Balaban J connectivity index is 1.63. The van der Waals surface area contributed by atoms with Gasteiger partial charge in [-0.3, -0.25) is 14.2 Å². The van der Waals surface area contributed by atoms with E-state index in [1.54, 1.807) is 18.2 Å². The zero-order valence-electron chi connectivity index (χ0n) is 15.4. The molecule has 0 aliphatic carbocycles. The highest BCUT2D eigenvalue weighted by Crippen LogP contribution is 2.25. The second-order valence-electron chi connectivity index (χ2n) is 6.22. The highest BCUT2D eigenvalue weighted by atomic mass is 32.1. The van der Waals surface area contributed by atoms with Crippen molar-refractivity contribution in [3.63, 3.8) is 0 Å². The molecule has 9 heteroatoms. The molecule has 0 saturated heterocycles. The normalized spacial score (nSPS) is 11.2. The van der Waals surface area contributed by atoms with Gasteiger partial charge in [-0.15, -0.1) is 11.3 Å². The van der Waals surface area contributed by atoms with Crippen LogP contribution >= 0.6 is 11.3 Å². The van der Waals surface area contributed by atoms with Gasteiger partial charge in [0, 0.05) is 30.0 Å². The van der Waals surface area contributed by atoms with Crippen LogP contribution in [0.4, 0.5) is 8.78 Å². The molecule has 2 heterocycles. The number of benzene rings is 1. The van der Waals surface area contributed by atoms with Crippen LogP contribution in [0.3, 0.4) is 0 Å². The van der Waals surface area contributed by atoms with E-state index in [0.29, 0.717) is 15.8 Å². The van der Waals surface area contributed by atoms with E-state index in [9.17, 15) is 18.4 Å².